The summed E-state index contributed by atoms with van der Waals surface area (Å²) >= 11 is 0. The van der Waals surface area contributed by atoms with Crippen LogP contribution < -0.4 is 0 Å². The monoisotopic (exact) mass is 430 g/mol. The standard InChI is InChI=1S/C30H32F2/c1-3-5-6-28-29(31)18-23(19-30(28)32)8-7-22-10-12-24(13-11-22)26-16-15-25-17-21(4-2)9-14-27(25)20-26/h3-4,10-13,18-19,21,25-27H,1-2,5-6,9,14-17,20H2. The van der Waals surface area contributed by atoms with Gasteiger partial charge in [-0.05, 0) is 105 Å². The third-order valence-corrected chi connectivity index (χ3v) is 7.46. The first-order chi connectivity index (χ1) is 15.6. The van der Waals surface area contributed by atoms with Gasteiger partial charge in [-0.15, -0.1) is 13.2 Å². The van der Waals surface area contributed by atoms with Crippen LogP contribution in [0.25, 0.3) is 0 Å². The number of rotatable bonds is 5. The van der Waals surface area contributed by atoms with Gasteiger partial charge in [0.25, 0.3) is 0 Å². The minimum absolute atomic E-state index is 0.104. The molecule has 0 N–H and O–H groups in total. The normalized spacial score (nSPS) is 24.7. The molecule has 4 atom stereocenters. The van der Waals surface area contributed by atoms with E-state index in [2.05, 4.69) is 43.2 Å². The lowest BCUT2D eigenvalue weighted by molar-refractivity contribution is 0.133. The number of benzene rings is 2. The van der Waals surface area contributed by atoms with Crippen LogP contribution in [0.2, 0.25) is 0 Å². The van der Waals surface area contributed by atoms with E-state index in [1.54, 1.807) is 6.08 Å². The molecule has 2 fully saturated rings. The van der Waals surface area contributed by atoms with Gasteiger partial charge < -0.3 is 0 Å². The van der Waals surface area contributed by atoms with Gasteiger partial charge in [0.2, 0.25) is 0 Å². The summed E-state index contributed by atoms with van der Waals surface area (Å²) < 4.78 is 28.5. The molecule has 0 amide bonds. The van der Waals surface area contributed by atoms with Crippen LogP contribution in [0.3, 0.4) is 0 Å². The van der Waals surface area contributed by atoms with Crippen molar-refractivity contribution in [2.45, 2.75) is 57.3 Å². The summed E-state index contributed by atoms with van der Waals surface area (Å²) in [6.07, 6.45) is 12.5. The van der Waals surface area contributed by atoms with E-state index in [1.165, 1.54) is 56.2 Å². The maximum atomic E-state index is 14.2. The lowest BCUT2D eigenvalue weighted by Crippen LogP contribution is -2.29. The summed E-state index contributed by atoms with van der Waals surface area (Å²) in [7, 11) is 0. The fourth-order valence-electron chi connectivity index (χ4n) is 5.59. The highest BCUT2D eigenvalue weighted by Gasteiger charge is 2.35. The van der Waals surface area contributed by atoms with Crippen molar-refractivity contribution in [1.82, 2.24) is 0 Å². The van der Waals surface area contributed by atoms with E-state index in [0.717, 1.165) is 23.3 Å². The van der Waals surface area contributed by atoms with E-state index in [-0.39, 0.29) is 5.56 Å². The van der Waals surface area contributed by atoms with Crippen molar-refractivity contribution in [2.75, 3.05) is 0 Å². The van der Waals surface area contributed by atoms with Crippen LogP contribution >= 0.6 is 0 Å². The Morgan fingerprint density at radius 2 is 1.50 bits per heavy atom. The summed E-state index contributed by atoms with van der Waals surface area (Å²) in [5.74, 6) is 7.96. The second-order valence-corrected chi connectivity index (χ2v) is 9.46. The van der Waals surface area contributed by atoms with Crippen LogP contribution in [0.15, 0.2) is 61.7 Å². The third kappa shape index (κ3) is 5.21. The van der Waals surface area contributed by atoms with E-state index in [9.17, 15) is 8.78 Å². The van der Waals surface area contributed by atoms with E-state index >= 15 is 0 Å². The molecule has 0 aromatic heterocycles. The molecule has 0 radical (unpaired) electrons. The minimum atomic E-state index is -0.538. The number of fused-ring (bicyclic) bond motifs is 1. The molecule has 2 aromatic carbocycles. The van der Waals surface area contributed by atoms with E-state index in [1.807, 2.05) is 12.1 Å². The van der Waals surface area contributed by atoms with Crippen molar-refractivity contribution in [2.24, 2.45) is 17.8 Å². The lowest BCUT2D eigenvalue weighted by atomic mass is 9.64. The highest BCUT2D eigenvalue weighted by Crippen LogP contribution is 2.47. The molecule has 4 unspecified atom stereocenters. The average molecular weight is 431 g/mol. The summed E-state index contributed by atoms with van der Waals surface area (Å²) in [5, 5.41) is 0. The third-order valence-electron chi connectivity index (χ3n) is 7.46. The van der Waals surface area contributed by atoms with Gasteiger partial charge in [-0.2, -0.15) is 0 Å². The molecule has 166 valence electrons. The highest BCUT2D eigenvalue weighted by atomic mass is 19.1. The molecule has 0 spiro atoms. The van der Waals surface area contributed by atoms with Crippen molar-refractivity contribution in [3.63, 3.8) is 0 Å². The Labute approximate surface area is 191 Å². The minimum Gasteiger partial charge on any atom is -0.207 e. The Morgan fingerprint density at radius 1 is 0.844 bits per heavy atom. The molecule has 2 aromatic rings. The zero-order valence-electron chi connectivity index (χ0n) is 18.8. The van der Waals surface area contributed by atoms with Crippen LogP contribution in [0.1, 0.15) is 73.1 Å². The lowest BCUT2D eigenvalue weighted by Gasteiger charge is -2.41. The van der Waals surface area contributed by atoms with Crippen LogP contribution in [0.4, 0.5) is 8.78 Å². The number of halogens is 2. The van der Waals surface area contributed by atoms with Crippen LogP contribution in [-0.4, -0.2) is 0 Å². The molecule has 0 saturated heterocycles. The molecular formula is C30H32F2. The molecule has 2 aliphatic carbocycles. The van der Waals surface area contributed by atoms with Gasteiger partial charge >= 0.3 is 0 Å². The van der Waals surface area contributed by atoms with Crippen molar-refractivity contribution in [3.05, 3.63) is 95.6 Å². The van der Waals surface area contributed by atoms with E-state index in [4.69, 9.17) is 0 Å². The Bertz CT molecular complexity index is 998. The predicted molar refractivity (Wildman–Crippen MR) is 128 cm³/mol. The van der Waals surface area contributed by atoms with E-state index < -0.39 is 11.6 Å². The Morgan fingerprint density at radius 3 is 2.19 bits per heavy atom. The Balaban J connectivity index is 1.41. The maximum Gasteiger partial charge on any atom is 0.130 e. The quantitative estimate of drug-likeness (QED) is 0.333. The zero-order valence-corrected chi connectivity index (χ0v) is 18.8. The smallest absolute Gasteiger partial charge is 0.130 e. The maximum absolute atomic E-state index is 14.2. The summed E-state index contributed by atoms with van der Waals surface area (Å²) in [6, 6.07) is 11.1. The SMILES string of the molecule is C=CCCc1c(F)cc(C#Cc2ccc(C3CCC4CC(C=C)CCC4C3)cc2)cc1F. The molecule has 2 aliphatic rings. The highest BCUT2D eigenvalue weighted by molar-refractivity contribution is 5.45. The molecule has 0 heterocycles. The topological polar surface area (TPSA) is 0 Å². The Kier molecular flexibility index (Phi) is 7.26. The van der Waals surface area contributed by atoms with Gasteiger partial charge in [0, 0.05) is 16.7 Å². The van der Waals surface area contributed by atoms with Crippen LogP contribution in [0, 0.1) is 41.2 Å². The largest absolute Gasteiger partial charge is 0.207 e. The molecule has 2 heteroatoms. The number of hydrogen-bond acceptors (Lipinski definition) is 0. The summed E-state index contributed by atoms with van der Waals surface area (Å²) in [4.78, 5) is 0. The average Bonchev–Trinajstić information content (AvgIpc) is 2.82. The van der Waals surface area contributed by atoms with Gasteiger partial charge in [-0.3, -0.25) is 0 Å². The van der Waals surface area contributed by atoms with Gasteiger partial charge in [0.1, 0.15) is 11.6 Å². The second kappa shape index (κ2) is 10.3. The fourth-order valence-corrected chi connectivity index (χ4v) is 5.59. The summed E-state index contributed by atoms with van der Waals surface area (Å²) in [5.41, 5.74) is 2.72. The first kappa shape index (κ1) is 22.5. The van der Waals surface area contributed by atoms with Crippen LogP contribution in [-0.2, 0) is 6.42 Å². The molecule has 0 nitrogen and oxygen atoms in total. The van der Waals surface area contributed by atoms with Crippen molar-refractivity contribution < 1.29 is 8.78 Å². The molecule has 0 aliphatic heterocycles. The Hall–Kier alpha value is -2.66. The predicted octanol–water partition coefficient (Wildman–Crippen LogP) is 7.97. The van der Waals surface area contributed by atoms with Gasteiger partial charge in [-0.1, -0.05) is 36.1 Å². The van der Waals surface area contributed by atoms with E-state index in [0.29, 0.717) is 24.3 Å². The van der Waals surface area contributed by atoms with Crippen molar-refractivity contribution in [1.29, 1.82) is 0 Å². The fraction of sp³-hybridized carbons (Fsp3) is 0.400. The number of allylic oxidation sites excluding steroid dienone is 2. The molecule has 32 heavy (non-hydrogen) atoms. The first-order valence-corrected chi connectivity index (χ1v) is 11.9. The number of hydrogen-bond donors (Lipinski definition) is 0. The molecular weight excluding hydrogens is 398 g/mol. The van der Waals surface area contributed by atoms with Gasteiger partial charge in [-0.25, -0.2) is 8.78 Å². The van der Waals surface area contributed by atoms with Crippen LogP contribution in [0.5, 0.6) is 0 Å². The zero-order chi connectivity index (χ0) is 22.5. The second-order valence-electron chi connectivity index (χ2n) is 9.46. The molecule has 0 bridgehead atoms. The molecule has 4 rings (SSSR count). The first-order valence-electron chi connectivity index (χ1n) is 11.9. The van der Waals surface area contributed by atoms with Gasteiger partial charge in [0.05, 0.1) is 0 Å². The molecule has 2 saturated carbocycles. The summed E-state index contributed by atoms with van der Waals surface area (Å²) in [6.45, 7) is 7.60. The van der Waals surface area contributed by atoms with Gasteiger partial charge in [0.15, 0.2) is 0 Å². The van der Waals surface area contributed by atoms with Crippen molar-refractivity contribution in [3.8, 4) is 11.8 Å². The van der Waals surface area contributed by atoms with Crippen molar-refractivity contribution >= 4 is 0 Å².